The van der Waals surface area contributed by atoms with Gasteiger partial charge in [0.1, 0.15) is 12.0 Å². The van der Waals surface area contributed by atoms with E-state index < -0.39 is 0 Å². The van der Waals surface area contributed by atoms with Crippen molar-refractivity contribution in [2.75, 3.05) is 4.90 Å². The lowest BCUT2D eigenvalue weighted by atomic mass is 9.82. The molecule has 4 unspecified atom stereocenters. The van der Waals surface area contributed by atoms with E-state index in [1.165, 1.54) is 87.4 Å². The molecule has 6 heteroatoms. The van der Waals surface area contributed by atoms with Crippen molar-refractivity contribution in [1.82, 2.24) is 10.3 Å². The third-order valence-electron chi connectivity index (χ3n) is 15.7. The highest BCUT2D eigenvalue weighted by molar-refractivity contribution is 8.00. The van der Waals surface area contributed by atoms with Crippen molar-refractivity contribution in [3.63, 3.8) is 0 Å². The molecule has 4 heterocycles. The van der Waals surface area contributed by atoms with Gasteiger partial charge in [0.25, 0.3) is 0 Å². The summed E-state index contributed by atoms with van der Waals surface area (Å²) in [5.74, 6) is 3.14. The number of hydrogen-bond donors (Lipinski definition) is 1. The molecule has 0 bridgehead atoms. The van der Waals surface area contributed by atoms with E-state index in [-0.39, 0.29) is 6.17 Å². The minimum Gasteiger partial charge on any atom is -0.344 e. The highest BCUT2D eigenvalue weighted by atomic mass is 32.2. The zero-order valence-electron chi connectivity index (χ0n) is 39.6. The summed E-state index contributed by atoms with van der Waals surface area (Å²) < 4.78 is 0. The van der Waals surface area contributed by atoms with E-state index in [0.29, 0.717) is 23.0 Å². The maximum Gasteiger partial charge on any atom is 0.159 e. The van der Waals surface area contributed by atoms with E-state index in [1.54, 1.807) is 11.3 Å². The van der Waals surface area contributed by atoms with Crippen LogP contribution in [0.3, 0.4) is 0 Å². The molecule has 0 amide bonds. The van der Waals surface area contributed by atoms with E-state index in [9.17, 15) is 0 Å². The Labute approximate surface area is 412 Å². The lowest BCUT2D eigenvalue weighted by Crippen LogP contribution is -2.40. The molecule has 9 aliphatic rings. The standard InChI is InChI=1S/C63H59N5S/c1-40-17-16-26-48(33-40)68-56-28-15-14-27-50(56)52-38-59-54(37-57(52)68)53-35-46(30-32-58(53)69-59)60-55(63-66-61(43-22-10-5-11-23-43)65-62(67-63)44-24-12-13-25-44)36-47(39-64-60)51-34-45(41-18-6-2-3-7-19-41)29-31-49(51)42-20-8-4-9-21-42/h2,4,6-10,12,18-26,28-29,31,34-40,50,53,58,61H,3,5,11,13-17,27,30,32-33H2,1H3,(H,65,66,67)/t40-,50?,53?,58?,61?/m0/s1. The molecule has 342 valence electrons. The second kappa shape index (κ2) is 18.1. The summed E-state index contributed by atoms with van der Waals surface area (Å²) in [6.45, 7) is 2.43. The van der Waals surface area contributed by atoms with Crippen LogP contribution in [-0.4, -0.2) is 28.1 Å². The van der Waals surface area contributed by atoms with E-state index in [2.05, 4.69) is 187 Å². The average Bonchev–Trinajstić information content (AvgIpc) is 4.09. The molecule has 0 saturated carbocycles. The minimum atomic E-state index is -0.255. The summed E-state index contributed by atoms with van der Waals surface area (Å²) in [5.41, 5.74) is 20.1. The maximum atomic E-state index is 5.61. The number of rotatable bonds is 8. The normalized spacial score (nSPS) is 25.4. The molecule has 5 nitrogen and oxygen atoms in total. The van der Waals surface area contributed by atoms with Gasteiger partial charge in [0.2, 0.25) is 0 Å². The molecule has 6 aliphatic carbocycles. The SMILES string of the molecule is C[C@H]1CCC=C(N2C3=CCCCC3c3cc4c(cc32)C2C=C(c3ncc(-c5cc(C6=CC=CCC=C6)ccc5-c5ccccc5)cc3C3=NC(C5=CCC=C5)=NC(C5=CCCC=C5)N3)CCC2S4)C1. The maximum absolute atomic E-state index is 5.61. The fraction of sp³-hybridized carbons (Fsp3) is 0.286. The summed E-state index contributed by atoms with van der Waals surface area (Å²) in [4.78, 5) is 20.6. The molecule has 69 heavy (non-hydrogen) atoms. The number of allylic oxidation sites excluding steroid dienone is 16. The van der Waals surface area contributed by atoms with E-state index in [0.717, 1.165) is 84.6 Å². The first-order valence-electron chi connectivity index (χ1n) is 25.7. The molecule has 0 spiro atoms. The lowest BCUT2D eigenvalue weighted by Gasteiger charge is -2.32. The number of anilines is 1. The van der Waals surface area contributed by atoms with Gasteiger partial charge in [0.05, 0.1) is 5.69 Å². The molecular weight excluding hydrogens is 859 g/mol. The molecule has 0 radical (unpaired) electrons. The highest BCUT2D eigenvalue weighted by Crippen LogP contribution is 2.58. The largest absolute Gasteiger partial charge is 0.344 e. The first-order chi connectivity index (χ1) is 34.1. The molecule has 13 rings (SSSR count). The first kappa shape index (κ1) is 42.6. The first-order valence-corrected chi connectivity index (χ1v) is 26.6. The number of nitrogens with zero attached hydrogens (tertiary/aromatic N) is 4. The molecule has 0 saturated heterocycles. The number of thioether (sulfide) groups is 1. The number of amidine groups is 2. The monoisotopic (exact) mass is 917 g/mol. The van der Waals surface area contributed by atoms with Crippen LogP contribution in [0.15, 0.2) is 195 Å². The van der Waals surface area contributed by atoms with E-state index in [4.69, 9.17) is 15.0 Å². The van der Waals surface area contributed by atoms with Crippen molar-refractivity contribution >= 4 is 40.3 Å². The summed E-state index contributed by atoms with van der Waals surface area (Å²) in [7, 11) is 0. The van der Waals surface area contributed by atoms with E-state index in [1.807, 2.05) is 0 Å². The number of hydrogen-bond acceptors (Lipinski definition) is 6. The molecule has 0 fully saturated rings. The van der Waals surface area contributed by atoms with E-state index >= 15 is 0 Å². The van der Waals surface area contributed by atoms with Crippen molar-refractivity contribution in [3.8, 4) is 22.3 Å². The third kappa shape index (κ3) is 7.95. The molecule has 1 aromatic heterocycles. The second-order valence-electron chi connectivity index (χ2n) is 20.3. The van der Waals surface area contributed by atoms with Crippen molar-refractivity contribution in [2.45, 2.75) is 112 Å². The molecular formula is C63H59N5S. The Balaban J connectivity index is 0.962. The Morgan fingerprint density at radius 2 is 1.64 bits per heavy atom. The van der Waals surface area contributed by atoms with Crippen molar-refractivity contribution in [3.05, 3.63) is 208 Å². The minimum absolute atomic E-state index is 0.255. The Morgan fingerprint density at radius 1 is 0.725 bits per heavy atom. The van der Waals surface area contributed by atoms with Gasteiger partial charge in [-0.3, -0.25) is 4.98 Å². The average molecular weight is 918 g/mol. The summed E-state index contributed by atoms with van der Waals surface area (Å²) in [5, 5.41) is 4.41. The number of aromatic nitrogens is 1. The van der Waals surface area contributed by atoms with Crippen LogP contribution in [-0.2, 0) is 0 Å². The van der Waals surface area contributed by atoms with Gasteiger partial charge in [0.15, 0.2) is 5.84 Å². The molecule has 1 N–H and O–H groups in total. The molecule has 4 aromatic rings. The number of fused-ring (bicyclic) bond motifs is 6. The Hall–Kier alpha value is -6.50. The van der Waals surface area contributed by atoms with Gasteiger partial charge in [-0.05, 0) is 157 Å². The van der Waals surface area contributed by atoms with Gasteiger partial charge in [-0.25, -0.2) is 9.98 Å². The predicted molar refractivity (Wildman–Crippen MR) is 289 cm³/mol. The lowest BCUT2D eigenvalue weighted by molar-refractivity contribution is 0.501. The fourth-order valence-electron chi connectivity index (χ4n) is 12.2. The van der Waals surface area contributed by atoms with Gasteiger partial charge in [-0.2, -0.15) is 0 Å². The molecule has 5 atom stereocenters. The van der Waals surface area contributed by atoms with Crippen LogP contribution in [0.1, 0.15) is 124 Å². The molecule has 3 aromatic carbocycles. The van der Waals surface area contributed by atoms with Crippen molar-refractivity contribution < 1.29 is 0 Å². The van der Waals surface area contributed by atoms with Gasteiger partial charge >= 0.3 is 0 Å². The van der Waals surface area contributed by atoms with Crippen LogP contribution < -0.4 is 10.2 Å². The topological polar surface area (TPSA) is 52.9 Å². The highest BCUT2D eigenvalue weighted by Gasteiger charge is 2.42. The zero-order chi connectivity index (χ0) is 45.8. The van der Waals surface area contributed by atoms with Crippen molar-refractivity contribution in [2.24, 2.45) is 15.9 Å². The summed E-state index contributed by atoms with van der Waals surface area (Å²) >= 11 is 2.13. The summed E-state index contributed by atoms with van der Waals surface area (Å²) in [6.07, 6.45) is 47.5. The van der Waals surface area contributed by atoms with Crippen LogP contribution in [0.25, 0.3) is 33.4 Å². The fourth-order valence-corrected chi connectivity index (χ4v) is 13.7. The Morgan fingerprint density at radius 3 is 2.52 bits per heavy atom. The number of aliphatic imine (C=N–C) groups is 2. The van der Waals surface area contributed by atoms with Crippen LogP contribution in [0.4, 0.5) is 5.69 Å². The van der Waals surface area contributed by atoms with Crippen molar-refractivity contribution in [1.29, 1.82) is 0 Å². The van der Waals surface area contributed by atoms with Crippen LogP contribution in [0.5, 0.6) is 0 Å². The Bertz CT molecular complexity index is 3160. The summed E-state index contributed by atoms with van der Waals surface area (Å²) in [6, 6.07) is 25.4. The van der Waals surface area contributed by atoms with Crippen LogP contribution >= 0.6 is 11.8 Å². The van der Waals surface area contributed by atoms with Gasteiger partial charge in [-0.15, -0.1) is 11.8 Å². The molecule has 3 aliphatic heterocycles. The van der Waals surface area contributed by atoms with Crippen LogP contribution in [0.2, 0.25) is 0 Å². The van der Waals surface area contributed by atoms with Gasteiger partial charge in [-0.1, -0.05) is 134 Å². The zero-order valence-corrected chi connectivity index (χ0v) is 40.4. The predicted octanol–water partition coefficient (Wildman–Crippen LogP) is 15.7. The quantitative estimate of drug-likeness (QED) is 0.191. The number of benzene rings is 3. The van der Waals surface area contributed by atoms with Crippen LogP contribution in [0, 0.1) is 5.92 Å². The number of pyridine rings is 1. The third-order valence-corrected chi connectivity index (χ3v) is 17.2. The smallest absolute Gasteiger partial charge is 0.159 e. The number of nitrogens with one attached hydrogen (secondary N) is 1. The van der Waals surface area contributed by atoms with Gasteiger partial charge in [0, 0.05) is 62.0 Å². The van der Waals surface area contributed by atoms with Gasteiger partial charge < -0.3 is 10.2 Å². The second-order valence-corrected chi connectivity index (χ2v) is 21.5. The Kier molecular flexibility index (Phi) is 11.2.